The van der Waals surface area contributed by atoms with Gasteiger partial charge in [0.25, 0.3) is 10.2 Å². The molecule has 5 nitrogen and oxygen atoms in total. The highest BCUT2D eigenvalue weighted by Crippen LogP contribution is 2.31. The third kappa shape index (κ3) is 3.58. The molecule has 0 unspecified atom stereocenters. The van der Waals surface area contributed by atoms with Crippen molar-refractivity contribution in [2.45, 2.75) is 32.4 Å². The molecule has 1 aromatic rings. The highest BCUT2D eigenvalue weighted by Gasteiger charge is 2.39. The lowest BCUT2D eigenvalue weighted by Crippen LogP contribution is -2.46. The number of halogens is 2. The van der Waals surface area contributed by atoms with Crippen molar-refractivity contribution in [1.29, 1.82) is 0 Å². The minimum absolute atomic E-state index is 0.0252. The molecule has 4 rings (SSSR count). The summed E-state index contributed by atoms with van der Waals surface area (Å²) in [6.07, 6.45) is 1.84. The summed E-state index contributed by atoms with van der Waals surface area (Å²) in [6, 6.07) is 3.24. The summed E-state index contributed by atoms with van der Waals surface area (Å²) in [5.41, 5.74) is 0.625. The van der Waals surface area contributed by atoms with Gasteiger partial charge in [0.05, 0.1) is 0 Å². The van der Waals surface area contributed by atoms with E-state index in [1.807, 2.05) is 0 Å². The Balaban J connectivity index is 1.81. The van der Waals surface area contributed by atoms with Gasteiger partial charge in [0.15, 0.2) is 11.6 Å². The zero-order valence-electron chi connectivity index (χ0n) is 14.9. The third-order valence-corrected chi connectivity index (χ3v) is 7.18. The van der Waals surface area contributed by atoms with Crippen molar-refractivity contribution in [3.8, 4) is 0 Å². The zero-order valence-corrected chi connectivity index (χ0v) is 15.7. The van der Waals surface area contributed by atoms with Crippen LogP contribution in [0.2, 0.25) is 0 Å². The van der Waals surface area contributed by atoms with E-state index < -0.39 is 21.8 Å². The lowest BCUT2D eigenvalue weighted by atomic mass is 9.94. The normalized spacial score (nSPS) is 25.5. The quantitative estimate of drug-likeness (QED) is 0.811. The number of fused-ring (bicyclic) bond motifs is 4. The molecule has 2 atom stereocenters. The number of aryl methyl sites for hydroxylation is 1. The van der Waals surface area contributed by atoms with Crippen molar-refractivity contribution in [3.63, 3.8) is 0 Å². The Hall–Kier alpha value is -1.09. The van der Waals surface area contributed by atoms with Gasteiger partial charge in [0, 0.05) is 51.9 Å². The topological polar surface area (TPSA) is 43.9 Å². The van der Waals surface area contributed by atoms with Crippen molar-refractivity contribution < 1.29 is 17.2 Å². The Morgan fingerprint density at radius 2 is 1.84 bits per heavy atom. The van der Waals surface area contributed by atoms with Gasteiger partial charge in [0.2, 0.25) is 0 Å². The van der Waals surface area contributed by atoms with E-state index in [9.17, 15) is 17.2 Å². The first-order chi connectivity index (χ1) is 11.7. The molecule has 8 heteroatoms. The molecular weight excluding hydrogens is 348 g/mol. The van der Waals surface area contributed by atoms with Crippen LogP contribution in [0.5, 0.6) is 0 Å². The number of hydrogen-bond acceptors (Lipinski definition) is 3. The molecule has 3 fully saturated rings. The van der Waals surface area contributed by atoms with E-state index in [-0.39, 0.29) is 12.0 Å². The second kappa shape index (κ2) is 6.90. The molecule has 140 valence electrons. The molecule has 2 bridgehead atoms. The standard InChI is InChI=1S/C17H25F2N3O2S/c1-12-4-6-14(17(19)16(12)18)10-21-8-13-5-7-15(21)11-22(9-13)25(23,24)20(2)3/h4,6,13,15H,5,7-11H2,1-3H3/t13-,15-/m1/s1. The average molecular weight is 373 g/mol. The van der Waals surface area contributed by atoms with Gasteiger partial charge in [0.1, 0.15) is 0 Å². The molecule has 3 aliphatic rings. The maximum atomic E-state index is 14.2. The van der Waals surface area contributed by atoms with Crippen molar-refractivity contribution in [3.05, 3.63) is 34.9 Å². The van der Waals surface area contributed by atoms with Gasteiger partial charge in [-0.2, -0.15) is 17.0 Å². The third-order valence-electron chi connectivity index (χ3n) is 5.31. The van der Waals surface area contributed by atoms with Crippen molar-refractivity contribution in [1.82, 2.24) is 13.5 Å². The summed E-state index contributed by atoms with van der Waals surface area (Å²) in [7, 11) is -0.396. The van der Waals surface area contributed by atoms with E-state index in [1.54, 1.807) is 19.1 Å². The molecule has 3 aliphatic heterocycles. The highest BCUT2D eigenvalue weighted by molar-refractivity contribution is 7.86. The average Bonchev–Trinajstić information content (AvgIpc) is 2.87. The lowest BCUT2D eigenvalue weighted by Gasteiger charge is -2.36. The summed E-state index contributed by atoms with van der Waals surface area (Å²) in [5.74, 6) is -1.38. The maximum absolute atomic E-state index is 14.2. The van der Waals surface area contributed by atoms with Gasteiger partial charge < -0.3 is 0 Å². The van der Waals surface area contributed by atoms with Crippen LogP contribution in [0.3, 0.4) is 0 Å². The fourth-order valence-electron chi connectivity index (χ4n) is 3.78. The molecule has 25 heavy (non-hydrogen) atoms. The van der Waals surface area contributed by atoms with Gasteiger partial charge in [-0.25, -0.2) is 8.78 Å². The van der Waals surface area contributed by atoms with Crippen LogP contribution in [-0.2, 0) is 16.8 Å². The van der Waals surface area contributed by atoms with E-state index in [1.165, 1.54) is 22.7 Å². The molecule has 0 saturated carbocycles. The predicted molar refractivity (Wildman–Crippen MR) is 92.2 cm³/mol. The highest BCUT2D eigenvalue weighted by atomic mass is 32.2. The maximum Gasteiger partial charge on any atom is 0.281 e. The first-order valence-electron chi connectivity index (χ1n) is 8.55. The summed E-state index contributed by atoms with van der Waals surface area (Å²) < 4.78 is 55.8. The summed E-state index contributed by atoms with van der Waals surface area (Å²) >= 11 is 0. The molecule has 0 amide bonds. The first-order valence-corrected chi connectivity index (χ1v) is 9.95. The smallest absolute Gasteiger partial charge is 0.281 e. The zero-order chi connectivity index (χ0) is 18.4. The van der Waals surface area contributed by atoms with Gasteiger partial charge in [-0.15, -0.1) is 0 Å². The van der Waals surface area contributed by atoms with Gasteiger partial charge in [-0.3, -0.25) is 4.90 Å². The minimum Gasteiger partial charge on any atom is -0.294 e. The number of nitrogens with zero attached hydrogens (tertiary/aromatic N) is 3. The van der Waals surface area contributed by atoms with Crippen LogP contribution in [-0.4, -0.2) is 61.7 Å². The van der Waals surface area contributed by atoms with E-state index in [4.69, 9.17) is 0 Å². The van der Waals surface area contributed by atoms with Crippen LogP contribution >= 0.6 is 0 Å². The monoisotopic (exact) mass is 373 g/mol. The van der Waals surface area contributed by atoms with Crippen LogP contribution in [0.1, 0.15) is 24.0 Å². The molecule has 3 saturated heterocycles. The molecule has 0 radical (unpaired) electrons. The van der Waals surface area contributed by atoms with Crippen LogP contribution < -0.4 is 0 Å². The van der Waals surface area contributed by atoms with Crippen LogP contribution in [0.15, 0.2) is 12.1 Å². The largest absolute Gasteiger partial charge is 0.294 e. The summed E-state index contributed by atoms with van der Waals surface area (Å²) in [6.45, 7) is 3.43. The Morgan fingerprint density at radius 1 is 1.12 bits per heavy atom. The molecular formula is C17H25F2N3O2S. The molecule has 0 spiro atoms. The fraction of sp³-hybridized carbons (Fsp3) is 0.647. The van der Waals surface area contributed by atoms with E-state index in [0.29, 0.717) is 37.3 Å². The minimum atomic E-state index is -3.46. The number of hydrogen-bond donors (Lipinski definition) is 0. The lowest BCUT2D eigenvalue weighted by molar-refractivity contribution is 0.123. The number of benzene rings is 1. The van der Waals surface area contributed by atoms with Crippen LogP contribution in [0, 0.1) is 24.5 Å². The Morgan fingerprint density at radius 3 is 2.52 bits per heavy atom. The Kier molecular flexibility index (Phi) is 5.16. The van der Waals surface area contributed by atoms with Crippen molar-refractivity contribution in [2.24, 2.45) is 5.92 Å². The number of rotatable bonds is 4. The second-order valence-electron chi connectivity index (χ2n) is 7.30. The molecule has 1 aromatic carbocycles. The molecule has 0 aliphatic carbocycles. The fourth-order valence-corrected chi connectivity index (χ4v) is 5.00. The molecule has 0 N–H and O–H groups in total. The van der Waals surface area contributed by atoms with Crippen LogP contribution in [0.25, 0.3) is 0 Å². The first kappa shape index (κ1) is 18.7. The van der Waals surface area contributed by atoms with E-state index in [0.717, 1.165) is 12.8 Å². The van der Waals surface area contributed by atoms with Gasteiger partial charge >= 0.3 is 0 Å². The molecule has 3 heterocycles. The molecule has 0 aromatic heterocycles. The predicted octanol–water partition coefficient (Wildman–Crippen LogP) is 1.98. The van der Waals surface area contributed by atoms with Crippen LogP contribution in [0.4, 0.5) is 8.78 Å². The summed E-state index contributed by atoms with van der Waals surface area (Å²) in [5, 5.41) is 0. The SMILES string of the molecule is Cc1ccc(CN2C[C@H]3CC[C@@H]2CN(S(=O)(=O)N(C)C)C3)c(F)c1F. The van der Waals surface area contributed by atoms with E-state index in [2.05, 4.69) is 4.90 Å². The Bertz CT molecular complexity index is 755. The number of piperidine rings is 1. The van der Waals surface area contributed by atoms with Crippen molar-refractivity contribution >= 4 is 10.2 Å². The summed E-state index contributed by atoms with van der Waals surface area (Å²) in [4.78, 5) is 2.10. The van der Waals surface area contributed by atoms with E-state index >= 15 is 0 Å². The second-order valence-corrected chi connectivity index (χ2v) is 9.45. The van der Waals surface area contributed by atoms with Gasteiger partial charge in [-0.05, 0) is 31.2 Å². The van der Waals surface area contributed by atoms with Crippen molar-refractivity contribution in [2.75, 3.05) is 33.7 Å². The van der Waals surface area contributed by atoms with Gasteiger partial charge in [-0.1, -0.05) is 12.1 Å². The Labute approximate surface area is 148 Å².